The predicted octanol–water partition coefficient (Wildman–Crippen LogP) is 2.76. The van der Waals surface area contributed by atoms with E-state index in [2.05, 4.69) is 19.9 Å². The van der Waals surface area contributed by atoms with Crippen LogP contribution in [0.25, 0.3) is 0 Å². The van der Waals surface area contributed by atoms with Gasteiger partial charge >= 0.3 is 5.97 Å². The largest absolute Gasteiger partial charge is 0.461 e. The maximum absolute atomic E-state index is 11.8. The van der Waals surface area contributed by atoms with Crippen LogP contribution in [0.3, 0.4) is 0 Å². The molecule has 0 bridgehead atoms. The molecule has 1 aliphatic rings. The van der Waals surface area contributed by atoms with Crippen LogP contribution in [0, 0.1) is 6.92 Å². The van der Waals surface area contributed by atoms with E-state index in [4.69, 9.17) is 4.74 Å². The molecule has 2 aromatic rings. The van der Waals surface area contributed by atoms with Crippen molar-refractivity contribution >= 4 is 23.3 Å². The van der Waals surface area contributed by atoms with Gasteiger partial charge in [-0.3, -0.25) is 0 Å². The first-order valence-electron chi connectivity index (χ1n) is 7.38. The number of nitrogens with zero attached hydrogens (tertiary/aromatic N) is 4. The number of carbonyl (C=O) groups is 1. The van der Waals surface area contributed by atoms with Gasteiger partial charge in [0.15, 0.2) is 5.69 Å². The van der Waals surface area contributed by atoms with Crippen molar-refractivity contribution in [1.82, 2.24) is 15.0 Å². The van der Waals surface area contributed by atoms with E-state index in [0.29, 0.717) is 12.3 Å². The zero-order valence-electron chi connectivity index (χ0n) is 12.7. The lowest BCUT2D eigenvalue weighted by molar-refractivity contribution is 0.0520. The van der Waals surface area contributed by atoms with E-state index in [1.807, 2.05) is 13.0 Å². The second-order valence-corrected chi connectivity index (χ2v) is 6.03. The van der Waals surface area contributed by atoms with Crippen molar-refractivity contribution in [2.45, 2.75) is 32.7 Å². The summed E-state index contributed by atoms with van der Waals surface area (Å²) >= 11 is 1.49. The van der Waals surface area contributed by atoms with E-state index in [1.54, 1.807) is 18.5 Å². The third-order valence-corrected chi connectivity index (χ3v) is 4.53. The minimum atomic E-state index is -0.360. The van der Waals surface area contributed by atoms with Crippen molar-refractivity contribution in [3.05, 3.63) is 34.0 Å². The Morgan fingerprint density at radius 1 is 1.50 bits per heavy atom. The molecule has 0 N–H and O–H groups in total. The normalized spacial score (nSPS) is 17.7. The van der Waals surface area contributed by atoms with Gasteiger partial charge in [0.2, 0.25) is 5.95 Å². The highest BCUT2D eigenvalue weighted by molar-refractivity contribution is 7.09. The topological polar surface area (TPSA) is 68.2 Å². The molecule has 3 heterocycles. The fourth-order valence-corrected chi connectivity index (χ4v) is 3.51. The lowest BCUT2D eigenvalue weighted by Crippen LogP contribution is -2.24. The molecule has 3 rings (SSSR count). The molecule has 1 saturated heterocycles. The van der Waals surface area contributed by atoms with E-state index in [-0.39, 0.29) is 12.0 Å². The van der Waals surface area contributed by atoms with E-state index in [0.717, 1.165) is 36.0 Å². The highest BCUT2D eigenvalue weighted by atomic mass is 32.1. The summed E-state index contributed by atoms with van der Waals surface area (Å²) in [5.41, 5.74) is 1.33. The van der Waals surface area contributed by atoms with Crippen LogP contribution in [-0.4, -0.2) is 34.1 Å². The summed E-state index contributed by atoms with van der Waals surface area (Å²) in [5, 5.41) is 2.69. The summed E-state index contributed by atoms with van der Waals surface area (Å²) in [6.07, 6.45) is 3.84. The highest BCUT2D eigenvalue weighted by Crippen LogP contribution is 2.35. The van der Waals surface area contributed by atoms with E-state index >= 15 is 0 Å². The summed E-state index contributed by atoms with van der Waals surface area (Å²) < 4.78 is 5.00. The molecule has 1 aliphatic heterocycles. The van der Waals surface area contributed by atoms with Gasteiger partial charge in [-0.2, -0.15) is 0 Å². The Balaban J connectivity index is 1.83. The molecule has 0 aromatic carbocycles. The molecular weight excluding hydrogens is 300 g/mol. The first-order chi connectivity index (χ1) is 10.7. The molecule has 7 heteroatoms. The molecule has 22 heavy (non-hydrogen) atoms. The second kappa shape index (κ2) is 6.39. The fraction of sp³-hybridized carbons (Fsp3) is 0.467. The van der Waals surface area contributed by atoms with Crippen molar-refractivity contribution < 1.29 is 9.53 Å². The number of ether oxygens (including phenoxy) is 1. The van der Waals surface area contributed by atoms with Crippen molar-refractivity contribution in [2.24, 2.45) is 0 Å². The molecule has 0 radical (unpaired) electrons. The number of hydrogen-bond acceptors (Lipinski definition) is 7. The number of aromatic nitrogens is 3. The fourth-order valence-electron chi connectivity index (χ4n) is 2.58. The number of aryl methyl sites for hydroxylation is 1. The lowest BCUT2D eigenvalue weighted by Gasteiger charge is -2.22. The average Bonchev–Trinajstić information content (AvgIpc) is 3.16. The monoisotopic (exact) mass is 318 g/mol. The average molecular weight is 318 g/mol. The third kappa shape index (κ3) is 2.94. The van der Waals surface area contributed by atoms with E-state index in [9.17, 15) is 4.79 Å². The van der Waals surface area contributed by atoms with Crippen LogP contribution < -0.4 is 4.90 Å². The van der Waals surface area contributed by atoms with Crippen molar-refractivity contribution in [2.75, 3.05) is 18.1 Å². The maximum atomic E-state index is 11.8. The Morgan fingerprint density at radius 3 is 3.14 bits per heavy atom. The van der Waals surface area contributed by atoms with Gasteiger partial charge in [0.05, 0.1) is 12.6 Å². The summed E-state index contributed by atoms with van der Waals surface area (Å²) in [5.74, 6) is 0.372. The summed E-state index contributed by atoms with van der Waals surface area (Å²) in [7, 11) is 0. The Kier molecular flexibility index (Phi) is 4.33. The van der Waals surface area contributed by atoms with Gasteiger partial charge in [-0.15, -0.1) is 11.3 Å². The van der Waals surface area contributed by atoms with Crippen molar-refractivity contribution in [3.8, 4) is 0 Å². The molecule has 116 valence electrons. The standard InChI is InChI=1S/C15H18N4O2S/c1-3-21-14(20)11-9-22-13(18-11)12-5-4-8-19(12)15-16-7-6-10(2)17-15/h6-7,9,12H,3-5,8H2,1-2H3. The number of hydrogen-bond donors (Lipinski definition) is 0. The van der Waals surface area contributed by atoms with Gasteiger partial charge < -0.3 is 9.64 Å². The van der Waals surface area contributed by atoms with Crippen molar-refractivity contribution in [3.63, 3.8) is 0 Å². The Hall–Kier alpha value is -2.02. The molecule has 2 aromatic heterocycles. The SMILES string of the molecule is CCOC(=O)c1csc(C2CCCN2c2nccc(C)n2)n1. The highest BCUT2D eigenvalue weighted by Gasteiger charge is 2.31. The predicted molar refractivity (Wildman–Crippen MR) is 84.2 cm³/mol. The van der Waals surface area contributed by atoms with Gasteiger partial charge in [0.25, 0.3) is 0 Å². The summed E-state index contributed by atoms with van der Waals surface area (Å²) in [4.78, 5) is 27.2. The second-order valence-electron chi connectivity index (χ2n) is 5.14. The van der Waals surface area contributed by atoms with E-state index < -0.39 is 0 Å². The number of anilines is 1. The summed E-state index contributed by atoms with van der Waals surface area (Å²) in [6.45, 7) is 5.01. The van der Waals surface area contributed by atoms with Crippen LogP contribution in [0.1, 0.15) is 47.0 Å². The summed E-state index contributed by atoms with van der Waals surface area (Å²) in [6, 6.07) is 2.02. The number of carbonyl (C=O) groups excluding carboxylic acids is 1. The molecular formula is C15H18N4O2S. The molecule has 1 fully saturated rings. The molecule has 0 saturated carbocycles. The van der Waals surface area contributed by atoms with Gasteiger partial charge in [-0.1, -0.05) is 0 Å². The molecule has 6 nitrogen and oxygen atoms in total. The van der Waals surface area contributed by atoms with Crippen LogP contribution >= 0.6 is 11.3 Å². The molecule has 1 atom stereocenters. The third-order valence-electron chi connectivity index (χ3n) is 3.58. The van der Waals surface area contributed by atoms with Crippen LogP contribution in [0.2, 0.25) is 0 Å². The maximum Gasteiger partial charge on any atom is 0.357 e. The number of rotatable bonds is 4. The van der Waals surface area contributed by atoms with Crippen LogP contribution in [0.5, 0.6) is 0 Å². The quantitative estimate of drug-likeness (QED) is 0.808. The Morgan fingerprint density at radius 2 is 2.36 bits per heavy atom. The van der Waals surface area contributed by atoms with E-state index in [1.165, 1.54) is 11.3 Å². The molecule has 1 unspecified atom stereocenters. The van der Waals surface area contributed by atoms with Crippen LogP contribution in [0.15, 0.2) is 17.6 Å². The van der Waals surface area contributed by atoms with Crippen molar-refractivity contribution in [1.29, 1.82) is 0 Å². The van der Waals surface area contributed by atoms with Gasteiger partial charge in [-0.25, -0.2) is 19.7 Å². The molecule has 0 spiro atoms. The van der Waals surface area contributed by atoms with Gasteiger partial charge in [0.1, 0.15) is 5.01 Å². The first-order valence-corrected chi connectivity index (χ1v) is 8.26. The molecule has 0 amide bonds. The Bertz CT molecular complexity index is 673. The van der Waals surface area contributed by atoms with Gasteiger partial charge in [-0.05, 0) is 32.8 Å². The smallest absolute Gasteiger partial charge is 0.357 e. The zero-order chi connectivity index (χ0) is 15.5. The zero-order valence-corrected chi connectivity index (χ0v) is 13.5. The molecule has 0 aliphatic carbocycles. The van der Waals surface area contributed by atoms with Crippen LogP contribution in [-0.2, 0) is 4.74 Å². The number of esters is 1. The minimum Gasteiger partial charge on any atom is -0.461 e. The van der Waals surface area contributed by atoms with Gasteiger partial charge in [0, 0.05) is 23.8 Å². The first kappa shape index (κ1) is 14.9. The Labute approximate surface area is 133 Å². The van der Waals surface area contributed by atoms with Crippen LogP contribution in [0.4, 0.5) is 5.95 Å². The lowest BCUT2D eigenvalue weighted by atomic mass is 10.2. The minimum absolute atomic E-state index is 0.134. The number of thiazole rings is 1.